The van der Waals surface area contributed by atoms with Gasteiger partial charge in [0.1, 0.15) is 0 Å². The van der Waals surface area contributed by atoms with Crippen molar-refractivity contribution in [2.24, 2.45) is 0 Å². The summed E-state index contributed by atoms with van der Waals surface area (Å²) >= 11 is 1.81. The Kier molecular flexibility index (Phi) is 5.51. The number of tetrazole rings is 1. The van der Waals surface area contributed by atoms with Gasteiger partial charge in [0.25, 0.3) is 0 Å². The van der Waals surface area contributed by atoms with E-state index in [2.05, 4.69) is 75.8 Å². The molecular formula is C24H22BN5S. The standard InChI is InChI=1S/C24H22BN5S/c1-17-10-13-19(14-11-17)30-27-24(26-28-30)15-12-18(25)16-29-20-6-2-4-8-22(20)31-23-9-5-3-7-21(23)29/h2-11,13-14,18H,12,15-16H2,1H3. The van der Waals surface area contributed by atoms with Crippen LogP contribution in [-0.2, 0) is 6.42 Å². The van der Waals surface area contributed by atoms with Gasteiger partial charge in [-0.1, -0.05) is 59.5 Å². The summed E-state index contributed by atoms with van der Waals surface area (Å²) in [6.45, 7) is 2.80. The maximum Gasteiger partial charge on any atom is 0.175 e. The van der Waals surface area contributed by atoms with Crippen LogP contribution < -0.4 is 4.90 Å². The second kappa shape index (κ2) is 8.59. The molecule has 0 N–H and O–H groups in total. The van der Waals surface area contributed by atoms with Crippen molar-refractivity contribution in [3.8, 4) is 5.69 Å². The Bertz CT molecular complexity index is 1150. The first-order valence-corrected chi connectivity index (χ1v) is 11.2. The highest BCUT2D eigenvalue weighted by Gasteiger charge is 2.24. The smallest absolute Gasteiger partial charge is 0.175 e. The Morgan fingerprint density at radius 3 is 2.23 bits per heavy atom. The fraction of sp³-hybridized carbons (Fsp3) is 0.208. The lowest BCUT2D eigenvalue weighted by Gasteiger charge is -2.34. The Hall–Kier alpha value is -3.06. The number of hydrogen-bond acceptors (Lipinski definition) is 5. The van der Waals surface area contributed by atoms with Crippen molar-refractivity contribution in [1.82, 2.24) is 20.2 Å². The predicted molar refractivity (Wildman–Crippen MR) is 126 cm³/mol. The van der Waals surface area contributed by atoms with Crippen LogP contribution in [0.15, 0.2) is 82.6 Å². The number of aryl methyl sites for hydroxylation is 2. The van der Waals surface area contributed by atoms with Crippen molar-refractivity contribution >= 4 is 31.0 Å². The Morgan fingerprint density at radius 1 is 0.903 bits per heavy atom. The topological polar surface area (TPSA) is 46.8 Å². The average molecular weight is 423 g/mol. The van der Waals surface area contributed by atoms with Crippen LogP contribution in [0.4, 0.5) is 11.4 Å². The number of anilines is 2. The summed E-state index contributed by atoms with van der Waals surface area (Å²) in [4.78, 5) is 6.43. The van der Waals surface area contributed by atoms with Gasteiger partial charge in [0, 0.05) is 22.8 Å². The molecule has 152 valence electrons. The van der Waals surface area contributed by atoms with Crippen molar-refractivity contribution in [3.63, 3.8) is 0 Å². The van der Waals surface area contributed by atoms with E-state index in [1.165, 1.54) is 26.7 Å². The summed E-state index contributed by atoms with van der Waals surface area (Å²) in [6.07, 6.45) is 1.48. The van der Waals surface area contributed by atoms with Crippen LogP contribution in [0.3, 0.4) is 0 Å². The van der Waals surface area contributed by atoms with Gasteiger partial charge in [-0.2, -0.15) is 0 Å². The lowest BCUT2D eigenvalue weighted by Crippen LogP contribution is -2.25. The molecule has 0 fully saturated rings. The van der Waals surface area contributed by atoms with Crippen LogP contribution in [0, 0.1) is 6.92 Å². The largest absolute Gasteiger partial charge is 0.340 e. The molecule has 0 saturated heterocycles. The van der Waals surface area contributed by atoms with Gasteiger partial charge in [0.15, 0.2) is 5.82 Å². The molecular weight excluding hydrogens is 401 g/mol. The second-order valence-electron chi connectivity index (χ2n) is 7.78. The molecule has 2 radical (unpaired) electrons. The Morgan fingerprint density at radius 2 is 1.55 bits per heavy atom. The SMILES string of the molecule is [B]C(CCc1nnn(-c2ccc(C)cc2)n1)CN1c2ccccc2Sc2ccccc21. The molecule has 1 unspecified atom stereocenters. The van der Waals surface area contributed by atoms with E-state index in [0.29, 0.717) is 12.2 Å². The van der Waals surface area contributed by atoms with Gasteiger partial charge in [-0.3, -0.25) is 0 Å². The van der Waals surface area contributed by atoms with Crippen LogP contribution in [0.2, 0.25) is 5.82 Å². The van der Waals surface area contributed by atoms with Crippen LogP contribution in [0.25, 0.3) is 5.69 Å². The fourth-order valence-electron chi connectivity index (χ4n) is 3.75. The molecule has 4 aromatic rings. The Balaban J connectivity index is 1.27. The molecule has 5 rings (SSSR count). The van der Waals surface area contributed by atoms with Crippen molar-refractivity contribution in [2.45, 2.75) is 35.4 Å². The zero-order chi connectivity index (χ0) is 21.2. The highest BCUT2D eigenvalue weighted by molar-refractivity contribution is 7.99. The third kappa shape index (κ3) is 4.23. The third-order valence-electron chi connectivity index (χ3n) is 5.41. The fourth-order valence-corrected chi connectivity index (χ4v) is 4.84. The minimum absolute atomic E-state index is 0.0180. The minimum atomic E-state index is -0.0180. The van der Waals surface area contributed by atoms with E-state index in [0.717, 1.165) is 18.7 Å². The molecule has 0 saturated carbocycles. The van der Waals surface area contributed by atoms with E-state index >= 15 is 0 Å². The first-order valence-electron chi connectivity index (χ1n) is 10.4. The summed E-state index contributed by atoms with van der Waals surface area (Å²) in [5, 5.41) is 12.9. The van der Waals surface area contributed by atoms with Crippen LogP contribution in [0.1, 0.15) is 17.8 Å². The first-order chi connectivity index (χ1) is 15.2. The highest BCUT2D eigenvalue weighted by atomic mass is 32.2. The summed E-state index contributed by atoms with van der Waals surface area (Å²) < 4.78 is 0. The molecule has 0 amide bonds. The first kappa shape index (κ1) is 19.9. The van der Waals surface area contributed by atoms with Crippen molar-refractivity contribution in [1.29, 1.82) is 0 Å². The molecule has 0 spiro atoms. The van der Waals surface area contributed by atoms with Crippen LogP contribution in [0.5, 0.6) is 0 Å². The number of fused-ring (bicyclic) bond motifs is 2. The van der Waals surface area contributed by atoms with Gasteiger partial charge in [-0.05, 0) is 55.0 Å². The second-order valence-corrected chi connectivity index (χ2v) is 8.86. The van der Waals surface area contributed by atoms with Gasteiger partial charge < -0.3 is 4.90 Å². The zero-order valence-corrected chi connectivity index (χ0v) is 18.2. The van der Waals surface area contributed by atoms with Gasteiger partial charge in [0.2, 0.25) is 0 Å². The number of hydrogen-bond donors (Lipinski definition) is 0. The molecule has 0 bridgehead atoms. The van der Waals surface area contributed by atoms with Crippen molar-refractivity contribution in [3.05, 3.63) is 84.2 Å². The molecule has 1 aromatic heterocycles. The number of aromatic nitrogens is 4. The molecule has 1 aliphatic rings. The normalized spacial score (nSPS) is 13.5. The molecule has 1 aliphatic heterocycles. The lowest BCUT2D eigenvalue weighted by atomic mass is 9.82. The summed E-state index contributed by atoms with van der Waals surface area (Å²) in [5.41, 5.74) is 4.54. The third-order valence-corrected chi connectivity index (χ3v) is 6.54. The summed E-state index contributed by atoms with van der Waals surface area (Å²) in [5.74, 6) is 0.696. The minimum Gasteiger partial charge on any atom is -0.340 e. The van der Waals surface area contributed by atoms with E-state index in [1.54, 1.807) is 4.80 Å². The Labute approximate surface area is 187 Å². The van der Waals surface area contributed by atoms with Gasteiger partial charge in [-0.25, -0.2) is 0 Å². The zero-order valence-electron chi connectivity index (χ0n) is 17.3. The maximum absolute atomic E-state index is 6.57. The molecule has 0 aliphatic carbocycles. The summed E-state index contributed by atoms with van der Waals surface area (Å²) in [6, 6.07) is 25.1. The number of benzene rings is 3. The highest BCUT2D eigenvalue weighted by Crippen LogP contribution is 2.48. The van der Waals surface area contributed by atoms with Gasteiger partial charge in [0.05, 0.1) is 24.9 Å². The molecule has 1 atom stereocenters. The van der Waals surface area contributed by atoms with E-state index in [4.69, 9.17) is 7.85 Å². The van der Waals surface area contributed by atoms with Crippen LogP contribution in [-0.4, -0.2) is 34.6 Å². The van der Waals surface area contributed by atoms with E-state index in [-0.39, 0.29) is 5.82 Å². The average Bonchev–Trinajstić information content (AvgIpc) is 3.27. The van der Waals surface area contributed by atoms with E-state index in [1.807, 2.05) is 36.0 Å². The number of para-hydroxylation sites is 2. The van der Waals surface area contributed by atoms with Crippen molar-refractivity contribution in [2.75, 3.05) is 11.4 Å². The monoisotopic (exact) mass is 423 g/mol. The molecule has 7 heteroatoms. The molecule has 2 heterocycles. The predicted octanol–water partition coefficient (Wildman–Crippen LogP) is 5.16. The van der Waals surface area contributed by atoms with Crippen molar-refractivity contribution < 1.29 is 0 Å². The quantitative estimate of drug-likeness (QED) is 0.401. The lowest BCUT2D eigenvalue weighted by molar-refractivity contribution is 0.693. The summed E-state index contributed by atoms with van der Waals surface area (Å²) in [7, 11) is 6.57. The number of nitrogens with zero attached hydrogens (tertiary/aromatic N) is 5. The van der Waals surface area contributed by atoms with Gasteiger partial charge in [-0.15, -0.1) is 15.0 Å². The van der Waals surface area contributed by atoms with Crippen LogP contribution >= 0.6 is 11.8 Å². The number of rotatable bonds is 6. The van der Waals surface area contributed by atoms with E-state index < -0.39 is 0 Å². The van der Waals surface area contributed by atoms with E-state index in [9.17, 15) is 0 Å². The molecule has 5 nitrogen and oxygen atoms in total. The molecule has 3 aromatic carbocycles. The molecule has 31 heavy (non-hydrogen) atoms. The maximum atomic E-state index is 6.57. The van der Waals surface area contributed by atoms with Gasteiger partial charge >= 0.3 is 0 Å².